The van der Waals surface area contributed by atoms with Gasteiger partial charge in [0.15, 0.2) is 0 Å². The van der Waals surface area contributed by atoms with Gasteiger partial charge in [-0.3, -0.25) is 14.5 Å². The third kappa shape index (κ3) is 3.20. The number of amides is 1. The fourth-order valence-corrected chi connectivity index (χ4v) is 2.16. The largest absolute Gasteiger partial charge is 0.481 e. The molecule has 15 heavy (non-hydrogen) atoms. The van der Waals surface area contributed by atoms with Gasteiger partial charge in [-0.15, -0.1) is 0 Å². The van der Waals surface area contributed by atoms with Gasteiger partial charge in [-0.1, -0.05) is 6.42 Å². The minimum Gasteiger partial charge on any atom is -0.481 e. The molecule has 5 nitrogen and oxygen atoms in total. The van der Waals surface area contributed by atoms with Gasteiger partial charge in [0.05, 0.1) is 12.5 Å². The molecule has 1 aliphatic heterocycles. The number of primary amides is 1. The van der Waals surface area contributed by atoms with Crippen molar-refractivity contribution in [1.29, 1.82) is 0 Å². The molecule has 3 N–H and O–H groups in total. The van der Waals surface area contributed by atoms with Crippen LogP contribution in [0.4, 0.5) is 0 Å². The molecule has 0 aromatic carbocycles. The molecule has 0 aromatic heterocycles. The van der Waals surface area contributed by atoms with Crippen molar-refractivity contribution in [2.45, 2.75) is 44.7 Å². The lowest BCUT2D eigenvalue weighted by molar-refractivity contribution is -0.139. The van der Waals surface area contributed by atoms with E-state index in [1.54, 1.807) is 0 Å². The van der Waals surface area contributed by atoms with Gasteiger partial charge in [-0.2, -0.15) is 0 Å². The van der Waals surface area contributed by atoms with E-state index in [1.165, 1.54) is 0 Å². The van der Waals surface area contributed by atoms with Gasteiger partial charge in [0.1, 0.15) is 0 Å². The van der Waals surface area contributed by atoms with Crippen LogP contribution in [0.2, 0.25) is 0 Å². The zero-order valence-corrected chi connectivity index (χ0v) is 8.98. The smallest absolute Gasteiger partial charge is 0.304 e. The third-order valence-electron chi connectivity index (χ3n) is 2.91. The Hall–Kier alpha value is -1.10. The second-order valence-corrected chi connectivity index (χ2v) is 4.10. The summed E-state index contributed by atoms with van der Waals surface area (Å²) in [6.45, 7) is 2.59. The normalized spacial score (nSPS) is 24.7. The summed E-state index contributed by atoms with van der Waals surface area (Å²) < 4.78 is 0. The van der Waals surface area contributed by atoms with Crippen LogP contribution in [0.3, 0.4) is 0 Å². The molecule has 0 bridgehead atoms. The van der Waals surface area contributed by atoms with E-state index in [2.05, 4.69) is 0 Å². The van der Waals surface area contributed by atoms with E-state index in [-0.39, 0.29) is 24.4 Å². The number of nitrogens with two attached hydrogens (primary N) is 1. The van der Waals surface area contributed by atoms with Crippen LogP contribution < -0.4 is 5.73 Å². The highest BCUT2D eigenvalue weighted by Crippen LogP contribution is 2.20. The summed E-state index contributed by atoms with van der Waals surface area (Å²) in [6, 6.07) is -0.409. The number of piperidine rings is 1. The molecule has 0 spiro atoms. The lowest BCUT2D eigenvalue weighted by Gasteiger charge is -2.37. The molecule has 0 radical (unpaired) electrons. The SMILES string of the molecule is CC(CC(=O)O)N1CCCCC1C(N)=O. The fourth-order valence-electron chi connectivity index (χ4n) is 2.16. The number of rotatable bonds is 4. The van der Waals surface area contributed by atoms with Gasteiger partial charge >= 0.3 is 5.97 Å². The van der Waals surface area contributed by atoms with Crippen molar-refractivity contribution in [3.05, 3.63) is 0 Å². The first-order chi connectivity index (χ1) is 7.02. The maximum absolute atomic E-state index is 11.2. The number of carbonyl (C=O) groups excluding carboxylic acids is 1. The first kappa shape index (κ1) is 12.0. The van der Waals surface area contributed by atoms with Gasteiger partial charge in [-0.05, 0) is 26.3 Å². The minimum absolute atomic E-state index is 0.0593. The molecule has 0 aliphatic carbocycles. The average Bonchev–Trinajstić information content (AvgIpc) is 2.16. The van der Waals surface area contributed by atoms with Crippen LogP contribution >= 0.6 is 0 Å². The molecule has 5 heteroatoms. The maximum Gasteiger partial charge on any atom is 0.304 e. The molecule has 86 valence electrons. The summed E-state index contributed by atoms with van der Waals surface area (Å²) in [5.74, 6) is -1.18. The molecule has 0 aromatic rings. The van der Waals surface area contributed by atoms with Crippen LogP contribution in [0, 0.1) is 0 Å². The highest BCUT2D eigenvalue weighted by atomic mass is 16.4. The highest BCUT2D eigenvalue weighted by molar-refractivity contribution is 5.80. The van der Waals surface area contributed by atoms with Gasteiger partial charge < -0.3 is 10.8 Å². The van der Waals surface area contributed by atoms with Gasteiger partial charge in [0.25, 0.3) is 0 Å². The Balaban J connectivity index is 2.62. The molecule has 1 rings (SSSR count). The lowest BCUT2D eigenvalue weighted by atomic mass is 9.98. The number of hydrogen-bond donors (Lipinski definition) is 2. The van der Waals surface area contributed by atoms with E-state index < -0.39 is 5.97 Å². The van der Waals surface area contributed by atoms with Crippen molar-refractivity contribution in [3.63, 3.8) is 0 Å². The maximum atomic E-state index is 11.2. The number of likely N-dealkylation sites (tertiary alicyclic amines) is 1. The zero-order valence-electron chi connectivity index (χ0n) is 8.98. The van der Waals surface area contributed by atoms with Crippen LogP contribution in [-0.4, -0.2) is 40.5 Å². The van der Waals surface area contributed by atoms with Crippen molar-refractivity contribution in [1.82, 2.24) is 4.90 Å². The summed E-state index contributed by atoms with van der Waals surface area (Å²) in [5, 5.41) is 8.70. The topological polar surface area (TPSA) is 83.6 Å². The van der Waals surface area contributed by atoms with E-state index in [0.29, 0.717) is 0 Å². The van der Waals surface area contributed by atoms with Crippen molar-refractivity contribution < 1.29 is 14.7 Å². The predicted molar refractivity (Wildman–Crippen MR) is 55.3 cm³/mol. The zero-order chi connectivity index (χ0) is 11.4. The second-order valence-electron chi connectivity index (χ2n) is 4.10. The Morgan fingerprint density at radius 3 is 2.73 bits per heavy atom. The van der Waals surface area contributed by atoms with E-state index in [0.717, 1.165) is 25.8 Å². The van der Waals surface area contributed by atoms with Crippen molar-refractivity contribution in [3.8, 4) is 0 Å². The number of carboxylic acid groups (broad SMARTS) is 1. The van der Waals surface area contributed by atoms with Crippen LogP contribution in [0.25, 0.3) is 0 Å². The third-order valence-corrected chi connectivity index (χ3v) is 2.91. The van der Waals surface area contributed by atoms with E-state index in [1.807, 2.05) is 11.8 Å². The van der Waals surface area contributed by atoms with Crippen LogP contribution in [0.5, 0.6) is 0 Å². The molecule has 1 heterocycles. The first-order valence-electron chi connectivity index (χ1n) is 5.29. The molecule has 0 saturated carbocycles. The van der Waals surface area contributed by atoms with Gasteiger partial charge in [-0.25, -0.2) is 0 Å². The quantitative estimate of drug-likeness (QED) is 0.699. The molecule has 1 aliphatic rings. The van der Waals surface area contributed by atoms with E-state index in [9.17, 15) is 9.59 Å². The first-order valence-corrected chi connectivity index (χ1v) is 5.29. The number of aliphatic carboxylic acids is 1. The van der Waals surface area contributed by atoms with E-state index >= 15 is 0 Å². The lowest BCUT2D eigenvalue weighted by Crippen LogP contribution is -2.51. The average molecular weight is 214 g/mol. The van der Waals surface area contributed by atoms with Gasteiger partial charge in [0.2, 0.25) is 5.91 Å². The standard InChI is InChI=1S/C10H18N2O3/c1-7(6-9(13)14)12-5-3-2-4-8(12)10(11)15/h7-8H,2-6H2,1H3,(H2,11,15)(H,13,14). The number of nitrogens with zero attached hydrogens (tertiary/aromatic N) is 1. The number of hydrogen-bond acceptors (Lipinski definition) is 3. The second kappa shape index (κ2) is 5.11. The van der Waals surface area contributed by atoms with Crippen LogP contribution in [0.1, 0.15) is 32.6 Å². The molecular formula is C10H18N2O3. The summed E-state index contributed by atoms with van der Waals surface area (Å²) >= 11 is 0. The molecule has 2 unspecified atom stereocenters. The Morgan fingerprint density at radius 2 is 2.20 bits per heavy atom. The number of carboxylic acids is 1. The highest BCUT2D eigenvalue weighted by Gasteiger charge is 2.30. The van der Waals surface area contributed by atoms with Crippen molar-refractivity contribution in [2.24, 2.45) is 5.73 Å². The Labute approximate surface area is 89.2 Å². The minimum atomic E-state index is -0.837. The summed E-state index contributed by atoms with van der Waals surface area (Å²) in [4.78, 5) is 23.7. The van der Waals surface area contributed by atoms with Crippen LogP contribution in [-0.2, 0) is 9.59 Å². The molecule has 1 saturated heterocycles. The Morgan fingerprint density at radius 1 is 1.53 bits per heavy atom. The van der Waals surface area contributed by atoms with Gasteiger partial charge in [0, 0.05) is 6.04 Å². The van der Waals surface area contributed by atoms with E-state index in [4.69, 9.17) is 10.8 Å². The fraction of sp³-hybridized carbons (Fsp3) is 0.800. The Bertz CT molecular complexity index is 255. The molecular weight excluding hydrogens is 196 g/mol. The monoisotopic (exact) mass is 214 g/mol. The summed E-state index contributed by atoms with van der Waals surface area (Å²) in [6.07, 6.45) is 2.81. The molecule has 1 amide bonds. The number of carbonyl (C=O) groups is 2. The molecule has 1 fully saturated rings. The molecule has 2 atom stereocenters. The summed E-state index contributed by atoms with van der Waals surface area (Å²) in [5.41, 5.74) is 5.30. The van der Waals surface area contributed by atoms with Crippen molar-refractivity contribution >= 4 is 11.9 Å². The van der Waals surface area contributed by atoms with Crippen molar-refractivity contribution in [2.75, 3.05) is 6.54 Å². The Kier molecular flexibility index (Phi) is 4.08. The predicted octanol–water partition coefficient (Wildman–Crippen LogP) is 0.189. The summed E-state index contributed by atoms with van der Waals surface area (Å²) in [7, 11) is 0. The van der Waals surface area contributed by atoms with Crippen LogP contribution in [0.15, 0.2) is 0 Å².